The molecule has 8 nitrogen and oxygen atoms in total. The number of anilines is 1. The van der Waals surface area contributed by atoms with Gasteiger partial charge in [0, 0.05) is 23.0 Å². The number of hydrogen-bond acceptors (Lipinski definition) is 7. The van der Waals surface area contributed by atoms with Crippen LogP contribution in [0.3, 0.4) is 0 Å². The van der Waals surface area contributed by atoms with Crippen molar-refractivity contribution in [3.63, 3.8) is 0 Å². The Kier molecular flexibility index (Phi) is 12.6. The van der Waals surface area contributed by atoms with Crippen LogP contribution in [0.25, 0.3) is 11.1 Å². The molecule has 13 heteroatoms. The highest BCUT2D eigenvalue weighted by atomic mass is 19.4. The molecule has 1 amide bonds. The van der Waals surface area contributed by atoms with Gasteiger partial charge in [-0.1, -0.05) is 42.5 Å². The van der Waals surface area contributed by atoms with Crippen LogP contribution in [0.5, 0.6) is 23.1 Å². The van der Waals surface area contributed by atoms with Gasteiger partial charge in [0.2, 0.25) is 5.91 Å². The van der Waals surface area contributed by atoms with E-state index in [1.165, 1.54) is 18.3 Å². The van der Waals surface area contributed by atoms with E-state index < -0.39 is 47.0 Å². The zero-order chi connectivity index (χ0) is 37.1. The van der Waals surface area contributed by atoms with Crippen LogP contribution in [0, 0.1) is 11.6 Å². The van der Waals surface area contributed by atoms with Gasteiger partial charge in [0.25, 0.3) is 5.88 Å². The molecule has 0 radical (unpaired) electrons. The smallest absolute Gasteiger partial charge is 0.420 e. The van der Waals surface area contributed by atoms with Crippen molar-refractivity contribution < 1.29 is 50.4 Å². The third-order valence-electron chi connectivity index (χ3n) is 7.63. The van der Waals surface area contributed by atoms with Crippen molar-refractivity contribution in [3.8, 4) is 34.3 Å². The molecule has 0 aliphatic rings. The predicted octanol–water partition coefficient (Wildman–Crippen LogP) is 8.81. The number of halogens is 5. The number of nitrogens with one attached hydrogen (secondary N) is 1. The molecule has 0 aliphatic heterocycles. The number of carbonyl (C=O) groups excluding carboxylic acids is 1. The molecule has 0 saturated carbocycles. The van der Waals surface area contributed by atoms with Gasteiger partial charge in [0.05, 0.1) is 38.9 Å². The number of alkyl halides is 3. The monoisotopic (exact) mass is 722 g/mol. The molecule has 4 aromatic carbocycles. The van der Waals surface area contributed by atoms with Gasteiger partial charge in [0.1, 0.15) is 36.3 Å². The first-order chi connectivity index (χ1) is 25.0. The number of methoxy groups -OCH3 is 1. The van der Waals surface area contributed by atoms with Crippen LogP contribution in [0.2, 0.25) is 0 Å². The van der Waals surface area contributed by atoms with E-state index in [0.29, 0.717) is 17.4 Å². The summed E-state index contributed by atoms with van der Waals surface area (Å²) in [6.07, 6.45) is -4.22. The molecule has 5 aromatic rings. The molecule has 0 atom stereocenters. The number of hydrogen-bond donors (Lipinski definition) is 1. The first kappa shape index (κ1) is 37.6. The first-order valence-corrected chi connectivity index (χ1v) is 16.2. The molecule has 0 bridgehead atoms. The first-order valence-electron chi connectivity index (χ1n) is 16.2. The van der Waals surface area contributed by atoms with Crippen LogP contribution >= 0.6 is 0 Å². The summed E-state index contributed by atoms with van der Waals surface area (Å²) in [5, 5.41) is 2.28. The Balaban J connectivity index is 1.22. The maximum Gasteiger partial charge on any atom is 0.420 e. The highest BCUT2D eigenvalue weighted by Gasteiger charge is 2.35. The Morgan fingerprint density at radius 2 is 1.48 bits per heavy atom. The zero-order valence-electron chi connectivity index (χ0n) is 28.3. The molecule has 0 spiro atoms. The Bertz CT molecular complexity index is 1930. The molecule has 52 heavy (non-hydrogen) atoms. The quantitative estimate of drug-likeness (QED) is 0.0805. The summed E-state index contributed by atoms with van der Waals surface area (Å²) in [4.78, 5) is 17.1. The summed E-state index contributed by atoms with van der Waals surface area (Å²) in [7, 11) is 1.57. The molecule has 1 aromatic heterocycles. The second-order valence-corrected chi connectivity index (χ2v) is 11.3. The fourth-order valence-corrected chi connectivity index (χ4v) is 5.06. The van der Waals surface area contributed by atoms with Crippen LogP contribution < -0.4 is 24.3 Å². The molecule has 5 rings (SSSR count). The summed E-state index contributed by atoms with van der Waals surface area (Å²) in [5.74, 6) is -2.32. The molecule has 272 valence electrons. The minimum absolute atomic E-state index is 0.0376. The second kappa shape index (κ2) is 17.5. The third kappa shape index (κ3) is 10.2. The Morgan fingerprint density at radius 3 is 2.15 bits per heavy atom. The number of nitrogens with zero attached hydrogens (tertiary/aromatic N) is 1. The van der Waals surface area contributed by atoms with Crippen molar-refractivity contribution in [2.24, 2.45) is 0 Å². The van der Waals surface area contributed by atoms with E-state index in [-0.39, 0.29) is 55.9 Å². The van der Waals surface area contributed by atoms with E-state index in [1.807, 2.05) is 42.5 Å². The van der Waals surface area contributed by atoms with Gasteiger partial charge in [-0.05, 0) is 72.1 Å². The lowest BCUT2D eigenvalue weighted by molar-refractivity contribution is -0.139. The molecule has 1 N–H and O–H groups in total. The molecular weight excluding hydrogens is 687 g/mol. The number of rotatable bonds is 16. The average molecular weight is 723 g/mol. The van der Waals surface area contributed by atoms with E-state index in [0.717, 1.165) is 29.3 Å². The topological polar surface area (TPSA) is 88.1 Å². The van der Waals surface area contributed by atoms with Gasteiger partial charge in [-0.2, -0.15) is 13.2 Å². The summed E-state index contributed by atoms with van der Waals surface area (Å²) in [5.41, 5.74) is 0.259. The minimum Gasteiger partial charge on any atom is -0.497 e. The summed E-state index contributed by atoms with van der Waals surface area (Å²) in [6.45, 7) is 2.36. The van der Waals surface area contributed by atoms with E-state index in [1.54, 1.807) is 26.2 Å². The van der Waals surface area contributed by atoms with Gasteiger partial charge in [-0.25, -0.2) is 13.8 Å². The molecule has 0 unspecified atom stereocenters. The van der Waals surface area contributed by atoms with E-state index in [9.17, 15) is 18.0 Å². The van der Waals surface area contributed by atoms with Gasteiger partial charge >= 0.3 is 6.18 Å². The third-order valence-corrected chi connectivity index (χ3v) is 7.63. The lowest BCUT2D eigenvalue weighted by atomic mass is 10.0. The zero-order valence-corrected chi connectivity index (χ0v) is 28.3. The Morgan fingerprint density at radius 1 is 0.769 bits per heavy atom. The average Bonchev–Trinajstić information content (AvgIpc) is 3.13. The van der Waals surface area contributed by atoms with E-state index in [2.05, 4.69) is 10.3 Å². The van der Waals surface area contributed by atoms with Crippen LogP contribution in [0.1, 0.15) is 29.2 Å². The number of benzene rings is 4. The van der Waals surface area contributed by atoms with E-state index >= 15 is 8.78 Å². The van der Waals surface area contributed by atoms with Crippen LogP contribution in [-0.2, 0) is 35.3 Å². The number of amides is 1. The van der Waals surface area contributed by atoms with Gasteiger partial charge in [-0.3, -0.25) is 4.79 Å². The van der Waals surface area contributed by atoms with Crippen molar-refractivity contribution in [1.29, 1.82) is 0 Å². The molecule has 0 aliphatic carbocycles. The van der Waals surface area contributed by atoms with Crippen molar-refractivity contribution in [2.75, 3.05) is 32.2 Å². The van der Waals surface area contributed by atoms with Crippen molar-refractivity contribution in [1.82, 2.24) is 4.98 Å². The summed E-state index contributed by atoms with van der Waals surface area (Å²) < 4.78 is 99.5. The number of aromatic nitrogens is 1. The highest BCUT2D eigenvalue weighted by molar-refractivity contribution is 5.92. The minimum atomic E-state index is -4.81. The normalized spacial score (nSPS) is 11.2. The molecule has 0 fully saturated rings. The van der Waals surface area contributed by atoms with Gasteiger partial charge < -0.3 is 29.0 Å². The van der Waals surface area contributed by atoms with Crippen LogP contribution in [0.4, 0.5) is 27.6 Å². The Labute approximate surface area is 297 Å². The fraction of sp³-hybridized carbons (Fsp3) is 0.231. The standard InChI is InChI=1S/C39H35F5N2O6/c1-3-50-36-19-28(22-45-38(36)52-24-26-9-12-30(48-2)13-10-26)27-17-33(40)31(34(41)18-27)21-37(47)46-29-11-14-35(32(20-29)39(42,43)44)51-16-15-49-23-25-7-5-4-6-8-25/h4-14,17-20,22H,3,15-16,21,23-24H2,1-2H3,(H,46,47). The molecule has 0 saturated heterocycles. The maximum absolute atomic E-state index is 15.2. The summed E-state index contributed by atoms with van der Waals surface area (Å²) >= 11 is 0. The van der Waals surface area contributed by atoms with Crippen molar-refractivity contribution >= 4 is 11.6 Å². The number of carbonyl (C=O) groups is 1. The number of ether oxygens (including phenoxy) is 5. The van der Waals surface area contributed by atoms with Gasteiger partial charge in [-0.15, -0.1) is 0 Å². The SMILES string of the molecule is CCOc1cc(-c2cc(F)c(CC(=O)Nc3ccc(OCCOCc4ccccc4)c(C(F)(F)F)c3)c(F)c2)cnc1OCc1ccc(OC)cc1. The molecule has 1 heterocycles. The lowest BCUT2D eigenvalue weighted by Gasteiger charge is -2.16. The lowest BCUT2D eigenvalue weighted by Crippen LogP contribution is -2.18. The predicted molar refractivity (Wildman–Crippen MR) is 183 cm³/mol. The van der Waals surface area contributed by atoms with Crippen molar-refractivity contribution in [3.05, 3.63) is 131 Å². The van der Waals surface area contributed by atoms with Gasteiger partial charge in [0.15, 0.2) is 5.75 Å². The largest absolute Gasteiger partial charge is 0.497 e. The van der Waals surface area contributed by atoms with Crippen molar-refractivity contribution in [2.45, 2.75) is 32.7 Å². The highest BCUT2D eigenvalue weighted by Crippen LogP contribution is 2.38. The molecular formula is C39H35F5N2O6. The maximum atomic E-state index is 15.2. The fourth-order valence-electron chi connectivity index (χ4n) is 5.06. The van der Waals surface area contributed by atoms with Crippen LogP contribution in [-0.4, -0.2) is 37.8 Å². The number of pyridine rings is 1. The summed E-state index contributed by atoms with van der Waals surface area (Å²) in [6, 6.07) is 23.1. The van der Waals surface area contributed by atoms with Crippen LogP contribution in [0.15, 0.2) is 97.2 Å². The van der Waals surface area contributed by atoms with E-state index in [4.69, 9.17) is 23.7 Å². The second-order valence-electron chi connectivity index (χ2n) is 11.3. The Hall–Kier alpha value is -5.69.